The summed E-state index contributed by atoms with van der Waals surface area (Å²) in [5.41, 5.74) is 1.43. The molecule has 108 valence electrons. The Morgan fingerprint density at radius 3 is 2.42 bits per heavy atom. The van der Waals surface area contributed by atoms with Crippen molar-refractivity contribution in [1.29, 1.82) is 0 Å². The summed E-state index contributed by atoms with van der Waals surface area (Å²) in [5.74, 6) is 0.787. The maximum atomic E-state index is 9.62. The maximum absolute atomic E-state index is 9.62. The Kier molecular flexibility index (Phi) is 4.25. The second-order valence-corrected chi connectivity index (χ2v) is 5.61. The Hall–Kier alpha value is -0.950. The Bertz CT molecular complexity index is 403. The Balaban J connectivity index is 1.91. The van der Waals surface area contributed by atoms with Gasteiger partial charge in [0.25, 0.3) is 0 Å². The van der Waals surface area contributed by atoms with E-state index in [0.29, 0.717) is 25.9 Å². The van der Waals surface area contributed by atoms with E-state index in [9.17, 15) is 15.3 Å². The topological polar surface area (TPSA) is 98.8 Å². The summed E-state index contributed by atoms with van der Waals surface area (Å²) < 4.78 is 5.08. The first-order valence-electron chi connectivity index (χ1n) is 6.57. The first-order chi connectivity index (χ1) is 8.97. The number of aliphatic hydroxyl groups excluding tert-OH is 3. The van der Waals surface area contributed by atoms with Crippen LogP contribution in [-0.4, -0.2) is 45.8 Å². The van der Waals surface area contributed by atoms with Gasteiger partial charge in [-0.1, -0.05) is 5.16 Å². The summed E-state index contributed by atoms with van der Waals surface area (Å²) in [6.45, 7) is 4.85. The second kappa shape index (κ2) is 5.58. The van der Waals surface area contributed by atoms with Crippen LogP contribution in [0.1, 0.15) is 29.9 Å². The highest BCUT2D eigenvalue weighted by atomic mass is 16.5. The van der Waals surface area contributed by atoms with Gasteiger partial charge in [0.15, 0.2) is 0 Å². The summed E-state index contributed by atoms with van der Waals surface area (Å²) in [7, 11) is 0. The SMILES string of the molecule is Cc1noc(C)c1CNCC1(CO)CC(O)C(O)C1. The molecule has 2 unspecified atom stereocenters. The van der Waals surface area contributed by atoms with Crippen LogP contribution < -0.4 is 5.32 Å². The summed E-state index contributed by atoms with van der Waals surface area (Å²) in [4.78, 5) is 0. The van der Waals surface area contributed by atoms with Gasteiger partial charge in [0.1, 0.15) is 5.76 Å². The third-order valence-corrected chi connectivity index (χ3v) is 4.05. The normalized spacial score (nSPS) is 31.0. The summed E-state index contributed by atoms with van der Waals surface area (Å²) in [5, 5.41) is 35.9. The van der Waals surface area contributed by atoms with E-state index in [1.807, 2.05) is 13.8 Å². The monoisotopic (exact) mass is 270 g/mol. The maximum Gasteiger partial charge on any atom is 0.138 e. The molecule has 2 atom stereocenters. The van der Waals surface area contributed by atoms with E-state index in [-0.39, 0.29) is 6.61 Å². The van der Waals surface area contributed by atoms with E-state index in [0.717, 1.165) is 17.0 Å². The molecule has 2 rings (SSSR count). The number of aromatic nitrogens is 1. The third kappa shape index (κ3) is 2.97. The van der Waals surface area contributed by atoms with Crippen molar-refractivity contribution in [1.82, 2.24) is 10.5 Å². The molecule has 19 heavy (non-hydrogen) atoms. The van der Waals surface area contributed by atoms with E-state index in [1.54, 1.807) is 0 Å². The lowest BCUT2D eigenvalue weighted by molar-refractivity contribution is 0.0438. The van der Waals surface area contributed by atoms with Gasteiger partial charge < -0.3 is 25.2 Å². The summed E-state index contributed by atoms with van der Waals surface area (Å²) in [6.07, 6.45) is -0.653. The highest BCUT2D eigenvalue weighted by Gasteiger charge is 2.43. The molecular formula is C13H22N2O4. The average Bonchev–Trinajstić information content (AvgIpc) is 2.84. The van der Waals surface area contributed by atoms with Crippen LogP contribution in [0.2, 0.25) is 0 Å². The van der Waals surface area contributed by atoms with Crippen LogP contribution in [0.15, 0.2) is 4.52 Å². The molecule has 6 heteroatoms. The van der Waals surface area contributed by atoms with Gasteiger partial charge in [-0.3, -0.25) is 0 Å². The van der Waals surface area contributed by atoms with Gasteiger partial charge in [0, 0.05) is 24.1 Å². The zero-order valence-electron chi connectivity index (χ0n) is 11.4. The largest absolute Gasteiger partial charge is 0.396 e. The first-order valence-corrected chi connectivity index (χ1v) is 6.57. The summed E-state index contributed by atoms with van der Waals surface area (Å²) in [6, 6.07) is 0. The molecule has 1 aliphatic carbocycles. The van der Waals surface area contributed by atoms with Crippen LogP contribution in [0, 0.1) is 19.3 Å². The number of aliphatic hydroxyl groups is 3. The molecule has 1 saturated carbocycles. The van der Waals surface area contributed by atoms with Crippen molar-refractivity contribution < 1.29 is 19.8 Å². The van der Waals surface area contributed by atoms with E-state index in [1.165, 1.54) is 0 Å². The molecular weight excluding hydrogens is 248 g/mol. The van der Waals surface area contributed by atoms with Gasteiger partial charge in [-0.15, -0.1) is 0 Å². The van der Waals surface area contributed by atoms with Crippen molar-refractivity contribution in [2.24, 2.45) is 5.41 Å². The molecule has 0 bridgehead atoms. The molecule has 4 N–H and O–H groups in total. The molecule has 0 spiro atoms. The van der Waals surface area contributed by atoms with Crippen LogP contribution in [0.3, 0.4) is 0 Å². The third-order valence-electron chi connectivity index (χ3n) is 4.05. The van der Waals surface area contributed by atoms with E-state index in [2.05, 4.69) is 10.5 Å². The van der Waals surface area contributed by atoms with Crippen LogP contribution in [-0.2, 0) is 6.54 Å². The Morgan fingerprint density at radius 1 is 1.32 bits per heavy atom. The Labute approximate surface area is 112 Å². The van der Waals surface area contributed by atoms with Crippen molar-refractivity contribution in [2.45, 2.75) is 45.4 Å². The Morgan fingerprint density at radius 2 is 1.95 bits per heavy atom. The van der Waals surface area contributed by atoms with Crippen molar-refractivity contribution >= 4 is 0 Å². The predicted octanol–water partition coefficient (Wildman–Crippen LogP) is -0.125. The van der Waals surface area contributed by atoms with Crippen molar-refractivity contribution in [3.05, 3.63) is 17.0 Å². The highest BCUT2D eigenvalue weighted by Crippen LogP contribution is 2.37. The molecule has 1 aliphatic rings. The quantitative estimate of drug-likeness (QED) is 0.595. The predicted molar refractivity (Wildman–Crippen MR) is 68.5 cm³/mol. The lowest BCUT2D eigenvalue weighted by Crippen LogP contribution is -2.36. The highest BCUT2D eigenvalue weighted by molar-refractivity contribution is 5.20. The molecule has 1 fully saturated rings. The van der Waals surface area contributed by atoms with Gasteiger partial charge in [-0.2, -0.15) is 0 Å². The van der Waals surface area contributed by atoms with Gasteiger partial charge in [-0.05, 0) is 26.7 Å². The van der Waals surface area contributed by atoms with Crippen molar-refractivity contribution in [3.8, 4) is 0 Å². The van der Waals surface area contributed by atoms with Crippen molar-refractivity contribution in [3.63, 3.8) is 0 Å². The lowest BCUT2D eigenvalue weighted by Gasteiger charge is -2.26. The number of hydrogen-bond donors (Lipinski definition) is 4. The minimum atomic E-state index is -0.743. The van der Waals surface area contributed by atoms with Gasteiger partial charge in [0.05, 0.1) is 24.5 Å². The number of hydrogen-bond acceptors (Lipinski definition) is 6. The number of rotatable bonds is 5. The average molecular weight is 270 g/mol. The van der Waals surface area contributed by atoms with Gasteiger partial charge >= 0.3 is 0 Å². The summed E-state index contributed by atoms with van der Waals surface area (Å²) >= 11 is 0. The fourth-order valence-electron chi connectivity index (χ4n) is 2.78. The zero-order valence-corrected chi connectivity index (χ0v) is 11.4. The molecule has 1 aromatic rings. The fraction of sp³-hybridized carbons (Fsp3) is 0.769. The van der Waals surface area contributed by atoms with Crippen molar-refractivity contribution in [2.75, 3.05) is 13.2 Å². The molecule has 1 heterocycles. The van der Waals surface area contributed by atoms with E-state index < -0.39 is 17.6 Å². The van der Waals surface area contributed by atoms with Gasteiger partial charge in [0.2, 0.25) is 0 Å². The minimum absolute atomic E-state index is 0.0459. The number of aryl methyl sites for hydroxylation is 2. The fourth-order valence-corrected chi connectivity index (χ4v) is 2.78. The van der Waals surface area contributed by atoms with Crippen LogP contribution in [0.4, 0.5) is 0 Å². The molecule has 0 aromatic carbocycles. The number of nitrogens with one attached hydrogen (secondary N) is 1. The lowest BCUT2D eigenvalue weighted by atomic mass is 9.87. The van der Waals surface area contributed by atoms with E-state index >= 15 is 0 Å². The standard InChI is InChI=1S/C13H22N2O4/c1-8-10(9(2)19-15-8)5-14-6-13(7-16)3-11(17)12(18)4-13/h11-12,14,16-18H,3-7H2,1-2H3. The molecule has 0 radical (unpaired) electrons. The number of nitrogens with zero attached hydrogens (tertiary/aromatic N) is 1. The first kappa shape index (κ1) is 14.5. The van der Waals surface area contributed by atoms with E-state index in [4.69, 9.17) is 4.52 Å². The zero-order chi connectivity index (χ0) is 14.0. The van der Waals surface area contributed by atoms with Crippen LogP contribution in [0.25, 0.3) is 0 Å². The van der Waals surface area contributed by atoms with Crippen LogP contribution >= 0.6 is 0 Å². The molecule has 6 nitrogen and oxygen atoms in total. The minimum Gasteiger partial charge on any atom is -0.396 e. The molecule has 0 aliphatic heterocycles. The smallest absolute Gasteiger partial charge is 0.138 e. The van der Waals surface area contributed by atoms with Gasteiger partial charge in [-0.25, -0.2) is 0 Å². The van der Waals surface area contributed by atoms with Crippen LogP contribution in [0.5, 0.6) is 0 Å². The second-order valence-electron chi connectivity index (χ2n) is 5.61. The molecule has 0 amide bonds. The molecule has 0 saturated heterocycles. The molecule has 1 aromatic heterocycles.